The van der Waals surface area contributed by atoms with Gasteiger partial charge in [0.15, 0.2) is 0 Å². The average Bonchev–Trinajstić information content (AvgIpc) is 3.28. The second-order valence-electron chi connectivity index (χ2n) is 6.27. The van der Waals surface area contributed by atoms with Gasteiger partial charge in [0.25, 0.3) is 5.91 Å². The van der Waals surface area contributed by atoms with Gasteiger partial charge < -0.3 is 15.0 Å². The molecule has 0 saturated carbocycles. The van der Waals surface area contributed by atoms with Crippen LogP contribution in [0.25, 0.3) is 5.69 Å². The Labute approximate surface area is 157 Å². The Morgan fingerprint density at radius 1 is 1.11 bits per heavy atom. The summed E-state index contributed by atoms with van der Waals surface area (Å²) in [6.07, 6.45) is 5.30. The Balaban J connectivity index is 1.46. The fourth-order valence-corrected chi connectivity index (χ4v) is 3.09. The van der Waals surface area contributed by atoms with E-state index in [0.717, 1.165) is 30.2 Å². The van der Waals surface area contributed by atoms with E-state index in [4.69, 9.17) is 4.74 Å². The van der Waals surface area contributed by atoms with E-state index in [-0.39, 0.29) is 5.91 Å². The van der Waals surface area contributed by atoms with E-state index >= 15 is 0 Å². The van der Waals surface area contributed by atoms with Crippen molar-refractivity contribution in [1.29, 1.82) is 0 Å². The van der Waals surface area contributed by atoms with Crippen molar-refractivity contribution in [2.45, 2.75) is 6.54 Å². The Morgan fingerprint density at radius 2 is 1.96 bits per heavy atom. The van der Waals surface area contributed by atoms with Crippen molar-refractivity contribution >= 4 is 11.7 Å². The number of nitrogens with zero attached hydrogens (tertiary/aromatic N) is 4. The lowest BCUT2D eigenvalue weighted by Gasteiger charge is -2.28. The minimum absolute atomic E-state index is 0.133. The number of anilines is 1. The largest absolute Gasteiger partial charge is 0.378 e. The van der Waals surface area contributed by atoms with Crippen LogP contribution >= 0.6 is 0 Å². The molecule has 27 heavy (non-hydrogen) atoms. The summed E-state index contributed by atoms with van der Waals surface area (Å²) < 4.78 is 7.08. The number of para-hydroxylation sites is 1. The standard InChI is InChI=1S/C20H21N5O2/c26-20(17-4-1-2-5-18(17)25-9-3-7-23-25)22-15-16-6-8-21-19(14-16)24-10-12-27-13-11-24/h1-9,14H,10-13,15H2,(H,22,26). The summed E-state index contributed by atoms with van der Waals surface area (Å²) in [5, 5.41) is 7.22. The molecule has 1 aromatic carbocycles. The van der Waals surface area contributed by atoms with Gasteiger partial charge in [0.1, 0.15) is 5.82 Å². The van der Waals surface area contributed by atoms with E-state index in [2.05, 4.69) is 20.3 Å². The number of amides is 1. The molecule has 0 unspecified atom stereocenters. The molecule has 1 saturated heterocycles. The quantitative estimate of drug-likeness (QED) is 0.751. The van der Waals surface area contributed by atoms with Gasteiger partial charge in [-0.2, -0.15) is 5.10 Å². The van der Waals surface area contributed by atoms with Crippen LogP contribution in [0, 0.1) is 0 Å². The van der Waals surface area contributed by atoms with Crippen LogP contribution in [0.15, 0.2) is 61.1 Å². The summed E-state index contributed by atoms with van der Waals surface area (Å²) in [6, 6.07) is 13.2. The molecular weight excluding hydrogens is 342 g/mol. The van der Waals surface area contributed by atoms with Gasteiger partial charge in [0.05, 0.1) is 24.5 Å². The first-order valence-electron chi connectivity index (χ1n) is 8.96. The molecule has 7 nitrogen and oxygen atoms in total. The van der Waals surface area contributed by atoms with Gasteiger partial charge in [-0.15, -0.1) is 0 Å². The number of benzene rings is 1. The molecule has 1 amide bonds. The SMILES string of the molecule is O=C(NCc1ccnc(N2CCOCC2)c1)c1ccccc1-n1cccn1. The summed E-state index contributed by atoms with van der Waals surface area (Å²) in [5.41, 5.74) is 2.35. The number of ether oxygens (including phenoxy) is 1. The highest BCUT2D eigenvalue weighted by molar-refractivity contribution is 5.97. The highest BCUT2D eigenvalue weighted by atomic mass is 16.5. The zero-order chi connectivity index (χ0) is 18.5. The molecule has 2 aromatic heterocycles. The molecule has 4 rings (SSSR count). The summed E-state index contributed by atoms with van der Waals surface area (Å²) in [6.45, 7) is 3.53. The fourth-order valence-electron chi connectivity index (χ4n) is 3.09. The predicted molar refractivity (Wildman–Crippen MR) is 102 cm³/mol. The van der Waals surface area contributed by atoms with Gasteiger partial charge in [-0.1, -0.05) is 12.1 Å². The van der Waals surface area contributed by atoms with Crippen LogP contribution in [0.1, 0.15) is 15.9 Å². The fraction of sp³-hybridized carbons (Fsp3) is 0.250. The summed E-state index contributed by atoms with van der Waals surface area (Å²) in [5.74, 6) is 0.785. The minimum Gasteiger partial charge on any atom is -0.378 e. The zero-order valence-corrected chi connectivity index (χ0v) is 14.9. The maximum absolute atomic E-state index is 12.7. The molecule has 1 aliphatic heterocycles. The molecule has 0 spiro atoms. The lowest BCUT2D eigenvalue weighted by Crippen LogP contribution is -2.36. The van der Waals surface area contributed by atoms with Gasteiger partial charge in [0, 0.05) is 38.2 Å². The lowest BCUT2D eigenvalue weighted by atomic mass is 10.1. The summed E-state index contributed by atoms with van der Waals surface area (Å²) >= 11 is 0. The van der Waals surface area contributed by atoms with Crippen LogP contribution in [-0.2, 0) is 11.3 Å². The van der Waals surface area contributed by atoms with Crippen LogP contribution < -0.4 is 10.2 Å². The number of morpholine rings is 1. The van der Waals surface area contributed by atoms with Crippen LogP contribution in [0.2, 0.25) is 0 Å². The van der Waals surface area contributed by atoms with Crippen molar-refractivity contribution in [3.8, 4) is 5.69 Å². The Morgan fingerprint density at radius 3 is 2.78 bits per heavy atom. The highest BCUT2D eigenvalue weighted by Crippen LogP contribution is 2.16. The van der Waals surface area contributed by atoms with Gasteiger partial charge in [-0.05, 0) is 35.9 Å². The van der Waals surface area contributed by atoms with E-state index in [1.165, 1.54) is 0 Å². The van der Waals surface area contributed by atoms with Crippen molar-refractivity contribution < 1.29 is 9.53 Å². The number of aromatic nitrogens is 3. The van der Waals surface area contributed by atoms with Crippen LogP contribution in [-0.4, -0.2) is 47.0 Å². The maximum atomic E-state index is 12.7. The van der Waals surface area contributed by atoms with Crippen molar-refractivity contribution in [2.75, 3.05) is 31.2 Å². The van der Waals surface area contributed by atoms with Gasteiger partial charge >= 0.3 is 0 Å². The monoisotopic (exact) mass is 363 g/mol. The highest BCUT2D eigenvalue weighted by Gasteiger charge is 2.14. The number of hydrogen-bond acceptors (Lipinski definition) is 5. The van der Waals surface area contributed by atoms with Crippen LogP contribution in [0.5, 0.6) is 0 Å². The van der Waals surface area contributed by atoms with Crippen molar-refractivity contribution in [1.82, 2.24) is 20.1 Å². The number of rotatable bonds is 5. The normalized spacial score (nSPS) is 14.1. The Kier molecular flexibility index (Phi) is 5.11. The predicted octanol–water partition coefficient (Wildman–Crippen LogP) is 2.03. The number of hydrogen-bond donors (Lipinski definition) is 1. The van der Waals surface area contributed by atoms with Gasteiger partial charge in [-0.25, -0.2) is 9.67 Å². The molecule has 3 heterocycles. The molecule has 138 valence electrons. The number of carbonyl (C=O) groups excluding carboxylic acids is 1. The van der Waals surface area contributed by atoms with E-state index in [1.54, 1.807) is 23.1 Å². The molecule has 1 fully saturated rings. The first kappa shape index (κ1) is 17.2. The third-order valence-electron chi connectivity index (χ3n) is 4.50. The van der Waals surface area contributed by atoms with Crippen LogP contribution in [0.3, 0.4) is 0 Å². The first-order valence-corrected chi connectivity index (χ1v) is 8.96. The van der Waals surface area contributed by atoms with Gasteiger partial charge in [-0.3, -0.25) is 4.79 Å². The third kappa shape index (κ3) is 3.98. The molecule has 0 atom stereocenters. The third-order valence-corrected chi connectivity index (χ3v) is 4.50. The molecule has 1 N–H and O–H groups in total. The summed E-state index contributed by atoms with van der Waals surface area (Å²) in [4.78, 5) is 19.4. The second-order valence-corrected chi connectivity index (χ2v) is 6.27. The van der Waals surface area contributed by atoms with E-state index < -0.39 is 0 Å². The molecule has 3 aromatic rings. The van der Waals surface area contributed by atoms with Crippen molar-refractivity contribution in [3.05, 3.63) is 72.2 Å². The zero-order valence-electron chi connectivity index (χ0n) is 14.9. The van der Waals surface area contributed by atoms with E-state index in [9.17, 15) is 4.79 Å². The Bertz CT molecular complexity index is 904. The number of carbonyl (C=O) groups is 1. The maximum Gasteiger partial charge on any atom is 0.253 e. The number of nitrogens with one attached hydrogen (secondary N) is 1. The summed E-state index contributed by atoms with van der Waals surface area (Å²) in [7, 11) is 0. The van der Waals surface area contributed by atoms with Crippen molar-refractivity contribution in [3.63, 3.8) is 0 Å². The van der Waals surface area contributed by atoms with Gasteiger partial charge in [0.2, 0.25) is 0 Å². The molecule has 7 heteroatoms. The molecule has 0 radical (unpaired) electrons. The first-order chi connectivity index (χ1) is 13.3. The van der Waals surface area contributed by atoms with E-state index in [1.807, 2.05) is 42.6 Å². The average molecular weight is 363 g/mol. The lowest BCUT2D eigenvalue weighted by molar-refractivity contribution is 0.0950. The van der Waals surface area contributed by atoms with Crippen molar-refractivity contribution in [2.24, 2.45) is 0 Å². The smallest absolute Gasteiger partial charge is 0.253 e. The molecule has 0 bridgehead atoms. The minimum atomic E-state index is -0.133. The molecular formula is C20H21N5O2. The van der Waals surface area contributed by atoms with Crippen LogP contribution in [0.4, 0.5) is 5.82 Å². The topological polar surface area (TPSA) is 72.3 Å². The second kappa shape index (κ2) is 8.01. The molecule has 1 aliphatic rings. The molecule has 0 aliphatic carbocycles. The number of pyridine rings is 1. The Hall–Kier alpha value is -3.19. The van der Waals surface area contributed by atoms with E-state index in [0.29, 0.717) is 25.3 Å².